The molecule has 1 atom stereocenters. The molecule has 0 spiro atoms. The molecule has 0 bridgehead atoms. The second-order valence-corrected chi connectivity index (χ2v) is 7.00. The molecule has 1 aromatic heterocycles. The van der Waals surface area contributed by atoms with Crippen LogP contribution in [0.3, 0.4) is 0 Å². The molecule has 0 saturated heterocycles. The van der Waals surface area contributed by atoms with Crippen LogP contribution in [0.15, 0.2) is 70.6 Å². The molecule has 0 aliphatic carbocycles. The number of carbonyl (C=O) groups excluding carboxylic acids is 1. The van der Waals surface area contributed by atoms with Gasteiger partial charge in [-0.1, -0.05) is 63.6 Å². The van der Waals surface area contributed by atoms with E-state index in [9.17, 15) is 4.79 Å². The fraction of sp³-hybridized carbons (Fsp3) is 0.158. The molecule has 8 heteroatoms. The lowest BCUT2D eigenvalue weighted by Crippen LogP contribution is -2.28. The number of aromatic nitrogens is 3. The van der Waals surface area contributed by atoms with Crippen molar-refractivity contribution in [2.45, 2.75) is 19.1 Å². The highest BCUT2D eigenvalue weighted by Crippen LogP contribution is 2.20. The summed E-state index contributed by atoms with van der Waals surface area (Å²) in [6.07, 6.45) is 1.29. The molecule has 1 unspecified atom stereocenters. The first-order valence-corrected chi connectivity index (χ1v) is 9.19. The van der Waals surface area contributed by atoms with Crippen molar-refractivity contribution in [1.29, 1.82) is 0 Å². The first-order valence-electron chi connectivity index (χ1n) is 8.40. The van der Waals surface area contributed by atoms with Gasteiger partial charge in [-0.15, -0.1) is 5.10 Å². The van der Waals surface area contributed by atoms with Gasteiger partial charge in [-0.3, -0.25) is 10.1 Å². The van der Waals surface area contributed by atoms with E-state index in [1.54, 1.807) is 11.0 Å². The number of hydrogen-bond acceptors (Lipinski definition) is 5. The fourth-order valence-corrected chi connectivity index (χ4v) is 3.14. The molecule has 1 aliphatic rings. The van der Waals surface area contributed by atoms with Crippen LogP contribution >= 0.6 is 15.9 Å². The Hall–Kier alpha value is -3.00. The summed E-state index contributed by atoms with van der Waals surface area (Å²) in [6.45, 7) is 0.583. The first kappa shape index (κ1) is 17.4. The number of halogens is 1. The maximum atomic E-state index is 12.4. The van der Waals surface area contributed by atoms with Crippen LogP contribution in [-0.4, -0.2) is 32.5 Å². The van der Waals surface area contributed by atoms with E-state index in [1.165, 1.54) is 0 Å². The molecule has 2 heterocycles. The van der Waals surface area contributed by atoms with Gasteiger partial charge >= 0.3 is 0 Å². The van der Waals surface area contributed by atoms with Gasteiger partial charge in [0.25, 0.3) is 5.91 Å². The van der Waals surface area contributed by atoms with Crippen LogP contribution < -0.4 is 5.32 Å². The summed E-state index contributed by atoms with van der Waals surface area (Å²) in [7, 11) is 0. The Balaban J connectivity index is 1.35. The van der Waals surface area contributed by atoms with Crippen molar-refractivity contribution in [3.63, 3.8) is 0 Å². The number of nitrogens with one attached hydrogen (secondary N) is 1. The summed E-state index contributed by atoms with van der Waals surface area (Å²) in [5, 5.41) is 11.0. The van der Waals surface area contributed by atoms with Gasteiger partial charge in [0.2, 0.25) is 12.1 Å². The molecule has 4 rings (SSSR count). The second-order valence-electron chi connectivity index (χ2n) is 6.09. The predicted octanol–water partition coefficient (Wildman–Crippen LogP) is 3.22. The third-order valence-electron chi connectivity index (χ3n) is 4.08. The van der Waals surface area contributed by atoms with Crippen LogP contribution in [0.5, 0.6) is 0 Å². The van der Waals surface area contributed by atoms with Gasteiger partial charge in [0.05, 0.1) is 12.3 Å². The van der Waals surface area contributed by atoms with E-state index >= 15 is 0 Å². The molecule has 0 fully saturated rings. The van der Waals surface area contributed by atoms with Crippen LogP contribution in [0.2, 0.25) is 0 Å². The third-order valence-corrected chi connectivity index (χ3v) is 4.57. The van der Waals surface area contributed by atoms with Crippen LogP contribution in [0, 0.1) is 0 Å². The highest BCUT2D eigenvalue weighted by atomic mass is 79.9. The number of anilines is 1. The van der Waals surface area contributed by atoms with Gasteiger partial charge in [0.1, 0.15) is 6.33 Å². The van der Waals surface area contributed by atoms with Crippen LogP contribution in [0.1, 0.15) is 17.5 Å². The Bertz CT molecular complexity index is 987. The average Bonchev–Trinajstić information content (AvgIpc) is 3.32. The number of nitrogens with zero attached hydrogens (tertiary/aromatic N) is 4. The monoisotopic (exact) mass is 425 g/mol. The lowest BCUT2D eigenvalue weighted by atomic mass is 10.0. The number of rotatable bonds is 5. The third kappa shape index (κ3) is 4.22. The van der Waals surface area contributed by atoms with E-state index in [2.05, 4.69) is 36.5 Å². The van der Waals surface area contributed by atoms with Crippen molar-refractivity contribution in [1.82, 2.24) is 14.8 Å². The van der Waals surface area contributed by atoms with Gasteiger partial charge in [0.15, 0.2) is 0 Å². The molecule has 1 N–H and O–H groups in total. The molecule has 0 saturated carbocycles. The minimum Gasteiger partial charge on any atom is -0.382 e. The molecule has 2 aromatic carbocycles. The molecule has 0 radical (unpaired) electrons. The number of carbonyl (C=O) groups is 1. The summed E-state index contributed by atoms with van der Waals surface area (Å²) in [5.41, 5.74) is 2.76. The molecule has 7 nitrogen and oxygen atoms in total. The zero-order chi connectivity index (χ0) is 18.6. The normalized spacial score (nSPS) is 15.9. The van der Waals surface area contributed by atoms with E-state index in [-0.39, 0.29) is 11.9 Å². The summed E-state index contributed by atoms with van der Waals surface area (Å²) in [4.78, 5) is 21.8. The van der Waals surface area contributed by atoms with Crippen LogP contribution in [0.4, 0.5) is 5.95 Å². The largest absolute Gasteiger partial charge is 0.382 e. The van der Waals surface area contributed by atoms with E-state index in [1.807, 2.05) is 54.6 Å². The van der Waals surface area contributed by atoms with Crippen molar-refractivity contribution in [3.05, 3.63) is 76.5 Å². The van der Waals surface area contributed by atoms with Crippen molar-refractivity contribution >= 4 is 33.5 Å². The van der Waals surface area contributed by atoms with Gasteiger partial charge < -0.3 is 4.84 Å². The highest BCUT2D eigenvalue weighted by molar-refractivity contribution is 9.10. The Morgan fingerprint density at radius 3 is 2.89 bits per heavy atom. The smallest absolute Gasteiger partial charge is 0.271 e. The molecule has 1 amide bonds. The van der Waals surface area contributed by atoms with E-state index in [0.29, 0.717) is 13.0 Å². The zero-order valence-electron chi connectivity index (χ0n) is 14.2. The van der Waals surface area contributed by atoms with Crippen molar-refractivity contribution < 1.29 is 9.63 Å². The first-order chi connectivity index (χ1) is 13.2. The lowest BCUT2D eigenvalue weighted by molar-refractivity contribution is -0.125. The van der Waals surface area contributed by atoms with E-state index in [0.717, 1.165) is 21.3 Å². The number of benzene rings is 2. The molecule has 3 aromatic rings. The second kappa shape index (κ2) is 7.71. The van der Waals surface area contributed by atoms with Gasteiger partial charge in [-0.05, 0) is 17.7 Å². The quantitative estimate of drug-likeness (QED) is 0.680. The molecule has 27 heavy (non-hydrogen) atoms. The van der Waals surface area contributed by atoms with Crippen LogP contribution in [-0.2, 0) is 16.2 Å². The Labute approximate surface area is 164 Å². The zero-order valence-corrected chi connectivity index (χ0v) is 15.8. The molecular weight excluding hydrogens is 410 g/mol. The van der Waals surface area contributed by atoms with Crippen molar-refractivity contribution in [2.75, 3.05) is 5.32 Å². The van der Waals surface area contributed by atoms with Gasteiger partial charge in [0, 0.05) is 16.5 Å². The Morgan fingerprint density at radius 2 is 2.07 bits per heavy atom. The lowest BCUT2D eigenvalue weighted by Gasteiger charge is -2.06. The topological polar surface area (TPSA) is 81.4 Å². The maximum Gasteiger partial charge on any atom is 0.271 e. The van der Waals surface area contributed by atoms with Crippen molar-refractivity contribution in [3.8, 4) is 0 Å². The summed E-state index contributed by atoms with van der Waals surface area (Å²) in [5.74, 6) is -0.0726. The molecular formula is C19H16BrN5O2. The number of oxime groups is 1. The molecule has 136 valence electrons. The Kier molecular flexibility index (Phi) is 4.97. The average molecular weight is 426 g/mol. The summed E-state index contributed by atoms with van der Waals surface area (Å²) in [6, 6.07) is 17.6. The Morgan fingerprint density at radius 1 is 1.22 bits per heavy atom. The van der Waals surface area contributed by atoms with E-state index < -0.39 is 6.10 Å². The fourth-order valence-electron chi connectivity index (χ4n) is 2.75. The molecule has 1 aliphatic heterocycles. The number of amides is 1. The van der Waals surface area contributed by atoms with Crippen molar-refractivity contribution in [2.24, 2.45) is 5.16 Å². The van der Waals surface area contributed by atoms with Gasteiger partial charge in [-0.2, -0.15) is 0 Å². The standard InChI is InChI=1S/C19H16BrN5O2/c20-15-8-4-7-14(9-15)16-10-17(27-24-16)18(26)22-19-21-12-25(23-19)11-13-5-2-1-3-6-13/h1-9,12,17H,10-11H2,(H,22,23,26). The summed E-state index contributed by atoms with van der Waals surface area (Å²) >= 11 is 3.43. The van der Waals surface area contributed by atoms with Gasteiger partial charge in [-0.25, -0.2) is 9.67 Å². The minimum absolute atomic E-state index is 0.246. The predicted molar refractivity (Wildman–Crippen MR) is 104 cm³/mol. The SMILES string of the molecule is O=C(Nc1ncn(Cc2ccccc2)n1)C1CC(c2cccc(Br)c2)=NO1. The van der Waals surface area contributed by atoms with E-state index in [4.69, 9.17) is 4.84 Å². The summed E-state index contributed by atoms with van der Waals surface area (Å²) < 4.78 is 2.62. The maximum absolute atomic E-state index is 12.4. The number of hydrogen-bond donors (Lipinski definition) is 1. The minimum atomic E-state index is -0.694. The highest BCUT2D eigenvalue weighted by Gasteiger charge is 2.29. The van der Waals surface area contributed by atoms with Crippen LogP contribution in [0.25, 0.3) is 0 Å².